The van der Waals surface area contributed by atoms with Gasteiger partial charge in [0.2, 0.25) is 0 Å². The molecule has 0 radical (unpaired) electrons. The summed E-state index contributed by atoms with van der Waals surface area (Å²) in [5.74, 6) is 0.725. The van der Waals surface area contributed by atoms with Gasteiger partial charge in [-0.15, -0.1) is 0 Å². The summed E-state index contributed by atoms with van der Waals surface area (Å²) in [4.78, 5) is 24.4. The topological polar surface area (TPSA) is 55.8 Å². The third kappa shape index (κ3) is 2.16. The van der Waals surface area contributed by atoms with Gasteiger partial charge in [0.05, 0.1) is 12.7 Å². The van der Waals surface area contributed by atoms with E-state index in [1.807, 2.05) is 0 Å². The molecule has 0 N–H and O–H groups in total. The summed E-state index contributed by atoms with van der Waals surface area (Å²) in [6, 6.07) is 5.04. The lowest BCUT2D eigenvalue weighted by atomic mass is 10.2. The number of rotatable bonds is 4. The molecule has 1 atom stereocenters. The van der Waals surface area contributed by atoms with Gasteiger partial charge in [0.1, 0.15) is 0 Å². The third-order valence-electron chi connectivity index (χ3n) is 2.99. The number of hydrogen-bond acceptors (Lipinski definition) is 4. The molecule has 1 aliphatic rings. The fourth-order valence-electron chi connectivity index (χ4n) is 1.95. The standard InChI is InChI=1S/C13H15NO4/c1-14-7-6-11(13(14)16)18-12-9(8-15)4-3-5-10(12)17-2/h3-5,8,11H,6-7H2,1-2H3. The van der Waals surface area contributed by atoms with Crippen LogP contribution in [-0.2, 0) is 4.79 Å². The molecule has 0 aromatic heterocycles. The van der Waals surface area contributed by atoms with Gasteiger partial charge in [-0.25, -0.2) is 0 Å². The maximum atomic E-state index is 11.8. The minimum Gasteiger partial charge on any atom is -0.493 e. The number of likely N-dealkylation sites (tertiary alicyclic amines) is 1. The summed E-state index contributed by atoms with van der Waals surface area (Å²) in [5.41, 5.74) is 0.386. The van der Waals surface area contributed by atoms with Crippen molar-refractivity contribution < 1.29 is 19.1 Å². The second-order valence-corrected chi connectivity index (χ2v) is 4.15. The number of para-hydroxylation sites is 1. The van der Waals surface area contributed by atoms with Gasteiger partial charge in [0.15, 0.2) is 23.9 Å². The van der Waals surface area contributed by atoms with Crippen molar-refractivity contribution in [3.63, 3.8) is 0 Å². The van der Waals surface area contributed by atoms with Gasteiger partial charge in [-0.2, -0.15) is 0 Å². The van der Waals surface area contributed by atoms with Gasteiger partial charge in [-0.3, -0.25) is 9.59 Å². The molecule has 1 heterocycles. The molecule has 1 amide bonds. The van der Waals surface area contributed by atoms with Gasteiger partial charge < -0.3 is 14.4 Å². The van der Waals surface area contributed by atoms with Crippen LogP contribution in [0.3, 0.4) is 0 Å². The van der Waals surface area contributed by atoms with E-state index in [2.05, 4.69) is 0 Å². The van der Waals surface area contributed by atoms with E-state index in [0.29, 0.717) is 36.3 Å². The maximum absolute atomic E-state index is 11.8. The average molecular weight is 249 g/mol. The highest BCUT2D eigenvalue weighted by Gasteiger charge is 2.32. The monoisotopic (exact) mass is 249 g/mol. The van der Waals surface area contributed by atoms with Gasteiger partial charge in [0, 0.05) is 20.0 Å². The summed E-state index contributed by atoms with van der Waals surface area (Å²) >= 11 is 0. The van der Waals surface area contributed by atoms with Crippen LogP contribution in [0.15, 0.2) is 18.2 Å². The molecule has 5 heteroatoms. The minimum absolute atomic E-state index is 0.0715. The number of amides is 1. The summed E-state index contributed by atoms with van der Waals surface area (Å²) < 4.78 is 10.8. The molecule has 0 bridgehead atoms. The van der Waals surface area contributed by atoms with Crippen LogP contribution in [0.5, 0.6) is 11.5 Å². The van der Waals surface area contributed by atoms with E-state index in [1.54, 1.807) is 30.1 Å². The zero-order valence-electron chi connectivity index (χ0n) is 10.4. The van der Waals surface area contributed by atoms with E-state index in [9.17, 15) is 9.59 Å². The quantitative estimate of drug-likeness (QED) is 0.750. The zero-order chi connectivity index (χ0) is 13.1. The van der Waals surface area contributed by atoms with Crippen molar-refractivity contribution in [3.8, 4) is 11.5 Å². The molecular weight excluding hydrogens is 234 g/mol. The van der Waals surface area contributed by atoms with Crippen LogP contribution in [0.1, 0.15) is 16.8 Å². The van der Waals surface area contributed by atoms with Crippen LogP contribution in [0.25, 0.3) is 0 Å². The SMILES string of the molecule is COc1cccc(C=O)c1OC1CCN(C)C1=O. The normalized spacial score (nSPS) is 18.9. The number of carbonyl (C=O) groups excluding carboxylic acids is 2. The number of methoxy groups -OCH3 is 1. The highest BCUT2D eigenvalue weighted by molar-refractivity contribution is 5.85. The van der Waals surface area contributed by atoms with Gasteiger partial charge in [-0.1, -0.05) is 6.07 Å². The van der Waals surface area contributed by atoms with E-state index in [0.717, 1.165) is 0 Å². The van der Waals surface area contributed by atoms with Crippen LogP contribution in [0, 0.1) is 0 Å². The number of carbonyl (C=O) groups is 2. The van der Waals surface area contributed by atoms with Crippen molar-refractivity contribution in [3.05, 3.63) is 23.8 Å². The molecule has 5 nitrogen and oxygen atoms in total. The molecule has 1 unspecified atom stereocenters. The lowest BCUT2D eigenvalue weighted by Crippen LogP contribution is -2.29. The van der Waals surface area contributed by atoms with E-state index < -0.39 is 6.10 Å². The Balaban J connectivity index is 2.28. The van der Waals surface area contributed by atoms with Crippen molar-refractivity contribution >= 4 is 12.2 Å². The molecule has 1 aliphatic heterocycles. The number of benzene rings is 1. The molecule has 0 aliphatic carbocycles. The van der Waals surface area contributed by atoms with Crippen LogP contribution in [0.2, 0.25) is 0 Å². The highest BCUT2D eigenvalue weighted by Crippen LogP contribution is 2.32. The van der Waals surface area contributed by atoms with E-state index in [4.69, 9.17) is 9.47 Å². The first-order chi connectivity index (χ1) is 8.67. The molecule has 1 saturated heterocycles. The number of ether oxygens (including phenoxy) is 2. The Bertz CT molecular complexity index is 472. The Kier molecular flexibility index (Phi) is 3.50. The highest BCUT2D eigenvalue weighted by atomic mass is 16.5. The van der Waals surface area contributed by atoms with E-state index in [1.165, 1.54) is 7.11 Å². The molecule has 96 valence electrons. The third-order valence-corrected chi connectivity index (χ3v) is 2.99. The molecule has 1 aromatic carbocycles. The second-order valence-electron chi connectivity index (χ2n) is 4.15. The first kappa shape index (κ1) is 12.4. The van der Waals surface area contributed by atoms with Crippen LogP contribution >= 0.6 is 0 Å². The average Bonchev–Trinajstić information content (AvgIpc) is 2.71. The Morgan fingerprint density at radius 1 is 1.44 bits per heavy atom. The first-order valence-corrected chi connectivity index (χ1v) is 5.71. The van der Waals surface area contributed by atoms with Crippen molar-refractivity contribution in [1.29, 1.82) is 0 Å². The van der Waals surface area contributed by atoms with Crippen molar-refractivity contribution in [2.75, 3.05) is 20.7 Å². The molecule has 1 aromatic rings. The Morgan fingerprint density at radius 2 is 2.22 bits per heavy atom. The van der Waals surface area contributed by atoms with Crippen molar-refractivity contribution in [2.24, 2.45) is 0 Å². The number of hydrogen-bond donors (Lipinski definition) is 0. The summed E-state index contributed by atoms with van der Waals surface area (Å²) in [6.07, 6.45) is 0.775. The zero-order valence-corrected chi connectivity index (χ0v) is 10.4. The second kappa shape index (κ2) is 5.08. The number of likely N-dealkylation sites (N-methyl/N-ethyl adjacent to an activating group) is 1. The van der Waals surface area contributed by atoms with Crippen molar-refractivity contribution in [1.82, 2.24) is 4.90 Å². The molecule has 0 saturated carbocycles. The number of nitrogens with zero attached hydrogens (tertiary/aromatic N) is 1. The Hall–Kier alpha value is -2.04. The molecular formula is C13H15NO4. The lowest BCUT2D eigenvalue weighted by Gasteiger charge is -2.16. The smallest absolute Gasteiger partial charge is 0.263 e. The minimum atomic E-state index is -0.537. The Morgan fingerprint density at radius 3 is 2.78 bits per heavy atom. The predicted molar refractivity (Wildman–Crippen MR) is 65.1 cm³/mol. The molecule has 1 fully saturated rings. The van der Waals surface area contributed by atoms with Crippen LogP contribution in [-0.4, -0.2) is 43.9 Å². The molecule has 0 spiro atoms. The summed E-state index contributed by atoms with van der Waals surface area (Å²) in [5, 5.41) is 0. The Labute approximate surface area is 105 Å². The maximum Gasteiger partial charge on any atom is 0.263 e. The fraction of sp³-hybridized carbons (Fsp3) is 0.385. The van der Waals surface area contributed by atoms with E-state index >= 15 is 0 Å². The largest absolute Gasteiger partial charge is 0.493 e. The van der Waals surface area contributed by atoms with Gasteiger partial charge in [-0.05, 0) is 12.1 Å². The number of aldehydes is 1. The first-order valence-electron chi connectivity index (χ1n) is 5.71. The predicted octanol–water partition coefficient (Wildman–Crippen LogP) is 1.12. The molecule has 18 heavy (non-hydrogen) atoms. The lowest BCUT2D eigenvalue weighted by molar-refractivity contribution is -0.132. The molecule has 2 rings (SSSR count). The summed E-state index contributed by atoms with van der Waals surface area (Å²) in [6.45, 7) is 0.662. The van der Waals surface area contributed by atoms with Crippen LogP contribution in [0.4, 0.5) is 0 Å². The van der Waals surface area contributed by atoms with Crippen molar-refractivity contribution in [2.45, 2.75) is 12.5 Å². The van der Waals surface area contributed by atoms with Crippen LogP contribution < -0.4 is 9.47 Å². The van der Waals surface area contributed by atoms with Gasteiger partial charge >= 0.3 is 0 Å². The fourth-order valence-corrected chi connectivity index (χ4v) is 1.95. The van der Waals surface area contributed by atoms with E-state index in [-0.39, 0.29) is 5.91 Å². The summed E-state index contributed by atoms with van der Waals surface area (Å²) in [7, 11) is 3.23. The van der Waals surface area contributed by atoms with Gasteiger partial charge in [0.25, 0.3) is 5.91 Å².